The van der Waals surface area contributed by atoms with Crippen LogP contribution in [0.2, 0.25) is 0 Å². The van der Waals surface area contributed by atoms with Gasteiger partial charge >= 0.3 is 0 Å². The topological polar surface area (TPSA) is 40.5 Å². The molecule has 0 radical (unpaired) electrons. The normalized spacial score (nSPS) is 13.2. The van der Waals surface area contributed by atoms with Crippen molar-refractivity contribution in [3.63, 3.8) is 0 Å². The van der Waals surface area contributed by atoms with Crippen LogP contribution in [0.5, 0.6) is 11.5 Å². The molecule has 0 spiro atoms. The summed E-state index contributed by atoms with van der Waals surface area (Å²) in [6.45, 7) is 21.7. The maximum atomic E-state index is 10.4. The number of hydrogen-bond acceptors (Lipinski definition) is 2. The molecule has 182 valence electrons. The molecule has 0 amide bonds. The van der Waals surface area contributed by atoms with E-state index >= 15 is 0 Å². The van der Waals surface area contributed by atoms with Gasteiger partial charge in [-0.3, -0.25) is 0 Å². The van der Waals surface area contributed by atoms with Gasteiger partial charge in [0.05, 0.1) is 0 Å². The van der Waals surface area contributed by atoms with Crippen LogP contribution in [0.1, 0.15) is 103 Å². The Balaban J connectivity index is 1.99. The predicted molar refractivity (Wildman–Crippen MR) is 144 cm³/mol. The lowest BCUT2D eigenvalue weighted by Gasteiger charge is -2.31. The molecule has 0 fully saturated rings. The van der Waals surface area contributed by atoms with Crippen molar-refractivity contribution in [3.05, 3.63) is 94.0 Å². The van der Waals surface area contributed by atoms with Gasteiger partial charge in [0.2, 0.25) is 0 Å². The Morgan fingerprint density at radius 2 is 0.676 bits per heavy atom. The number of rotatable bonds is 4. The fourth-order valence-corrected chi connectivity index (χ4v) is 4.69. The van der Waals surface area contributed by atoms with Gasteiger partial charge in [0.25, 0.3) is 0 Å². The zero-order valence-electron chi connectivity index (χ0n) is 22.7. The van der Waals surface area contributed by atoms with Crippen molar-refractivity contribution in [1.29, 1.82) is 0 Å². The van der Waals surface area contributed by atoms with Crippen molar-refractivity contribution in [2.75, 3.05) is 0 Å². The molecule has 2 nitrogen and oxygen atoms in total. The molecule has 0 aliphatic heterocycles. The van der Waals surface area contributed by atoms with E-state index in [4.69, 9.17) is 0 Å². The first kappa shape index (κ1) is 25.9. The first-order valence-corrected chi connectivity index (χ1v) is 12.2. The summed E-state index contributed by atoms with van der Waals surface area (Å²) in [5.41, 5.74) is 6.14. The minimum atomic E-state index is -0.200. The van der Waals surface area contributed by atoms with Crippen LogP contribution < -0.4 is 0 Å². The van der Waals surface area contributed by atoms with E-state index in [2.05, 4.69) is 106 Å². The molecule has 3 aromatic carbocycles. The Morgan fingerprint density at radius 3 is 0.941 bits per heavy atom. The molecule has 0 aliphatic rings. The summed E-state index contributed by atoms with van der Waals surface area (Å²) in [5.74, 6) is 0.709. The first-order chi connectivity index (χ1) is 15.5. The number of phenols is 2. The van der Waals surface area contributed by atoms with E-state index in [1.165, 1.54) is 22.3 Å². The lowest BCUT2D eigenvalue weighted by atomic mass is 9.73. The van der Waals surface area contributed by atoms with Crippen LogP contribution in [0, 0.1) is 0 Å². The Labute approximate surface area is 206 Å². The van der Waals surface area contributed by atoms with Crippen molar-refractivity contribution < 1.29 is 10.2 Å². The Hall–Kier alpha value is -2.74. The highest BCUT2D eigenvalue weighted by atomic mass is 16.3. The van der Waals surface area contributed by atoms with Crippen LogP contribution in [0.3, 0.4) is 0 Å². The van der Waals surface area contributed by atoms with E-state index in [1.807, 2.05) is 24.3 Å². The van der Waals surface area contributed by atoms with E-state index in [0.717, 1.165) is 11.1 Å². The highest BCUT2D eigenvalue weighted by Gasteiger charge is 2.29. The zero-order chi connectivity index (χ0) is 25.7. The molecule has 0 aliphatic carbocycles. The van der Waals surface area contributed by atoms with Gasteiger partial charge in [-0.25, -0.2) is 0 Å². The summed E-state index contributed by atoms with van der Waals surface area (Å²) < 4.78 is 0. The van der Waals surface area contributed by atoms with Crippen LogP contribution in [0.4, 0.5) is 0 Å². The number of phenolic OH excluding ortho intramolecular Hbond substituents is 2. The van der Waals surface area contributed by atoms with E-state index in [9.17, 15) is 10.2 Å². The van der Waals surface area contributed by atoms with Crippen molar-refractivity contribution in [2.24, 2.45) is 0 Å². The minimum Gasteiger partial charge on any atom is -0.508 e. The quantitative estimate of drug-likeness (QED) is 0.412. The van der Waals surface area contributed by atoms with Gasteiger partial charge in [0, 0.05) is 10.8 Å². The molecular weight excluding hydrogens is 416 g/mol. The lowest BCUT2D eigenvalue weighted by molar-refractivity contribution is 0.444. The van der Waals surface area contributed by atoms with Crippen molar-refractivity contribution in [2.45, 2.75) is 90.9 Å². The molecule has 3 rings (SSSR count). The molecule has 0 atom stereocenters. The first-order valence-electron chi connectivity index (χ1n) is 12.2. The van der Waals surface area contributed by atoms with Gasteiger partial charge in [-0.05, 0) is 56.3 Å². The largest absolute Gasteiger partial charge is 0.508 e. The average Bonchev–Trinajstić information content (AvgIpc) is 2.72. The SMILES string of the molecule is CC(C)(C)c1cc(C(C)(C)c2ccc(C(C)(C)c3ccc(O)c(C(C)(C)C)c3)cc2)ccc1O. The average molecular weight is 459 g/mol. The van der Waals surface area contributed by atoms with E-state index < -0.39 is 0 Å². The molecule has 2 N–H and O–H groups in total. The molecule has 3 aromatic rings. The second-order valence-corrected chi connectivity index (χ2v) is 12.8. The fraction of sp³-hybridized carbons (Fsp3) is 0.438. The molecule has 0 bridgehead atoms. The molecule has 0 heterocycles. The molecule has 2 heteroatoms. The highest BCUT2D eigenvalue weighted by Crippen LogP contribution is 2.40. The summed E-state index contributed by atoms with van der Waals surface area (Å²) in [6, 6.07) is 20.9. The van der Waals surface area contributed by atoms with Gasteiger partial charge in [0.1, 0.15) is 11.5 Å². The summed E-state index contributed by atoms with van der Waals surface area (Å²) in [5, 5.41) is 20.8. The smallest absolute Gasteiger partial charge is 0.119 e. The van der Waals surface area contributed by atoms with Crippen molar-refractivity contribution in [1.82, 2.24) is 0 Å². The van der Waals surface area contributed by atoms with Gasteiger partial charge < -0.3 is 10.2 Å². The van der Waals surface area contributed by atoms with Gasteiger partial charge in [0.15, 0.2) is 0 Å². The van der Waals surface area contributed by atoms with E-state index in [-0.39, 0.29) is 21.7 Å². The van der Waals surface area contributed by atoms with Crippen LogP contribution >= 0.6 is 0 Å². The molecular formula is C32H42O2. The molecule has 0 saturated carbocycles. The predicted octanol–water partition coefficient (Wildman–Crippen LogP) is 8.34. The zero-order valence-corrected chi connectivity index (χ0v) is 22.7. The monoisotopic (exact) mass is 458 g/mol. The third-order valence-electron chi connectivity index (χ3n) is 7.38. The second kappa shape index (κ2) is 8.48. The summed E-state index contributed by atoms with van der Waals surface area (Å²) in [7, 11) is 0. The second-order valence-electron chi connectivity index (χ2n) is 12.8. The van der Waals surface area contributed by atoms with Crippen molar-refractivity contribution in [3.8, 4) is 11.5 Å². The van der Waals surface area contributed by atoms with Crippen LogP contribution in [-0.4, -0.2) is 10.2 Å². The summed E-state index contributed by atoms with van der Waals surface area (Å²) in [6.07, 6.45) is 0. The minimum absolute atomic E-state index is 0.125. The van der Waals surface area contributed by atoms with Gasteiger partial charge in [-0.1, -0.05) is 118 Å². The highest BCUT2D eigenvalue weighted by molar-refractivity contribution is 5.49. The number of aromatic hydroxyl groups is 2. The summed E-state index contributed by atoms with van der Waals surface area (Å²) >= 11 is 0. The van der Waals surface area contributed by atoms with Crippen LogP contribution in [-0.2, 0) is 21.7 Å². The van der Waals surface area contributed by atoms with E-state index in [0.29, 0.717) is 11.5 Å². The number of benzene rings is 3. The maximum Gasteiger partial charge on any atom is 0.119 e. The fourth-order valence-electron chi connectivity index (χ4n) is 4.69. The molecule has 0 aromatic heterocycles. The maximum absolute atomic E-state index is 10.4. The van der Waals surface area contributed by atoms with E-state index in [1.54, 1.807) is 0 Å². The Bertz CT molecular complexity index is 1070. The third-order valence-corrected chi connectivity index (χ3v) is 7.38. The Morgan fingerprint density at radius 1 is 0.412 bits per heavy atom. The summed E-state index contributed by atoms with van der Waals surface area (Å²) in [4.78, 5) is 0. The van der Waals surface area contributed by atoms with Crippen molar-refractivity contribution >= 4 is 0 Å². The van der Waals surface area contributed by atoms with Gasteiger partial charge in [-0.15, -0.1) is 0 Å². The van der Waals surface area contributed by atoms with Crippen LogP contribution in [0.25, 0.3) is 0 Å². The molecule has 0 saturated heterocycles. The lowest BCUT2D eigenvalue weighted by Crippen LogP contribution is -2.23. The third kappa shape index (κ3) is 4.87. The molecule has 34 heavy (non-hydrogen) atoms. The number of hydrogen-bond donors (Lipinski definition) is 2. The van der Waals surface area contributed by atoms with Crippen LogP contribution in [0.15, 0.2) is 60.7 Å². The molecule has 0 unspecified atom stereocenters. The Kier molecular flexibility index (Phi) is 6.46. The standard InChI is InChI=1S/C32H42O2/c1-29(2,3)25-19-23(15-17-27(25)33)31(7,8)21-11-13-22(14-12-21)32(9,10)24-16-18-28(34)26(20-24)30(4,5)6/h11-20,33-34H,1-10H3. The van der Waals surface area contributed by atoms with Gasteiger partial charge in [-0.2, -0.15) is 0 Å².